The monoisotopic (exact) mass is 340 g/mol. The van der Waals surface area contributed by atoms with Gasteiger partial charge in [0.25, 0.3) is 0 Å². The van der Waals surface area contributed by atoms with Gasteiger partial charge in [-0.05, 0) is 28.3 Å². The predicted octanol–water partition coefficient (Wildman–Crippen LogP) is 3.09. The molecule has 0 radical (unpaired) electrons. The Morgan fingerprint density at radius 2 is 1.42 bits per heavy atom. The normalized spacial score (nSPS) is 36.8. The summed E-state index contributed by atoms with van der Waals surface area (Å²) in [7, 11) is 2.74. The average molecular weight is 340 g/mol. The van der Waals surface area contributed by atoms with Gasteiger partial charge in [-0.15, -0.1) is 0 Å². The molecule has 1 aromatic heterocycles. The van der Waals surface area contributed by atoms with Crippen LogP contribution in [0.25, 0.3) is 0 Å². The van der Waals surface area contributed by atoms with Crippen molar-refractivity contribution in [1.82, 2.24) is 0 Å². The lowest BCUT2D eigenvalue weighted by atomic mass is 9.54. The molecule has 5 aliphatic rings. The summed E-state index contributed by atoms with van der Waals surface area (Å²) in [5.74, 6) is -1.10. The van der Waals surface area contributed by atoms with Crippen molar-refractivity contribution in [2.75, 3.05) is 14.2 Å². The summed E-state index contributed by atoms with van der Waals surface area (Å²) in [5.41, 5.74) is 3.11. The van der Waals surface area contributed by atoms with Crippen LogP contribution in [0, 0.1) is 10.8 Å². The van der Waals surface area contributed by atoms with Crippen LogP contribution in [0.2, 0.25) is 0 Å². The molecule has 0 unspecified atom stereocenters. The highest BCUT2D eigenvalue weighted by Crippen LogP contribution is 2.85. The van der Waals surface area contributed by atoms with E-state index in [2.05, 4.69) is 35.1 Å². The fourth-order valence-electron chi connectivity index (χ4n) is 5.41. The minimum Gasteiger partial charge on any atom is -0.466 e. The van der Waals surface area contributed by atoms with Crippen LogP contribution in [0.15, 0.2) is 46.2 Å². The standard InChI is InChI=1S/C19H16O4S/c1-22-16(20)12-13(17(21)23-2)15-11-8-24-7-10(11)14(12)18-5-3-4-6-19(15,18)9-18/h3-8,14-15H,9H2,1-2H3/t14-,15+,18-,19+. The van der Waals surface area contributed by atoms with E-state index in [1.165, 1.54) is 25.3 Å². The third kappa shape index (κ3) is 1.29. The van der Waals surface area contributed by atoms with Crippen molar-refractivity contribution in [1.29, 1.82) is 0 Å². The second-order valence-electron chi connectivity index (χ2n) is 6.93. The number of carbonyl (C=O) groups excluding carboxylic acids is 2. The smallest absolute Gasteiger partial charge is 0.334 e. The Morgan fingerprint density at radius 3 is 1.83 bits per heavy atom. The molecule has 4 nitrogen and oxygen atoms in total. The van der Waals surface area contributed by atoms with Gasteiger partial charge in [0.1, 0.15) is 0 Å². The number of allylic oxidation sites excluding steroid dienone is 4. The van der Waals surface area contributed by atoms with Crippen LogP contribution >= 0.6 is 11.3 Å². The number of rotatable bonds is 2. The quantitative estimate of drug-likeness (QED) is 0.777. The van der Waals surface area contributed by atoms with Crippen molar-refractivity contribution in [2.45, 2.75) is 18.3 Å². The molecular weight excluding hydrogens is 324 g/mol. The van der Waals surface area contributed by atoms with Crippen LogP contribution in [-0.4, -0.2) is 26.2 Å². The molecule has 4 atom stereocenters. The SMILES string of the molecule is COC(=O)C1=C(C(=O)OC)[C@H]2c3cscc3[C@@H]1[C@@]13C=CC=C[C@@]21C3. The third-order valence-corrected chi connectivity index (χ3v) is 7.06. The lowest BCUT2D eigenvalue weighted by Crippen LogP contribution is -2.43. The van der Waals surface area contributed by atoms with E-state index in [9.17, 15) is 9.59 Å². The average Bonchev–Trinajstić information content (AvgIpc) is 3.11. The maximum Gasteiger partial charge on any atom is 0.334 e. The molecule has 1 heterocycles. The van der Waals surface area contributed by atoms with Crippen LogP contribution < -0.4 is 0 Å². The highest BCUT2D eigenvalue weighted by atomic mass is 32.1. The molecule has 0 spiro atoms. The molecule has 0 aliphatic heterocycles. The number of hydrogen-bond acceptors (Lipinski definition) is 5. The van der Waals surface area contributed by atoms with Crippen LogP contribution in [0.1, 0.15) is 29.4 Å². The largest absolute Gasteiger partial charge is 0.466 e. The van der Waals surface area contributed by atoms with Crippen LogP contribution in [0.4, 0.5) is 0 Å². The molecule has 0 N–H and O–H groups in total. The summed E-state index contributed by atoms with van der Waals surface area (Å²) in [6.45, 7) is 0. The lowest BCUT2D eigenvalue weighted by Gasteiger charge is -2.47. The van der Waals surface area contributed by atoms with Crippen molar-refractivity contribution in [3.05, 3.63) is 57.3 Å². The van der Waals surface area contributed by atoms with E-state index in [4.69, 9.17) is 9.47 Å². The Hall–Kier alpha value is -2.14. The molecule has 0 saturated heterocycles. The Balaban J connectivity index is 1.86. The van der Waals surface area contributed by atoms with Gasteiger partial charge >= 0.3 is 11.9 Å². The van der Waals surface area contributed by atoms with E-state index in [0.29, 0.717) is 11.1 Å². The minimum absolute atomic E-state index is 0.110. The van der Waals surface area contributed by atoms with Gasteiger partial charge in [0, 0.05) is 22.7 Å². The van der Waals surface area contributed by atoms with Gasteiger partial charge in [-0.25, -0.2) is 9.59 Å². The second-order valence-corrected chi connectivity index (χ2v) is 7.68. The molecule has 5 heteroatoms. The van der Waals surface area contributed by atoms with Crippen molar-refractivity contribution >= 4 is 23.3 Å². The van der Waals surface area contributed by atoms with Crippen molar-refractivity contribution in [3.8, 4) is 0 Å². The number of carbonyl (C=O) groups is 2. The molecule has 1 fully saturated rings. The van der Waals surface area contributed by atoms with E-state index in [1.54, 1.807) is 11.3 Å². The number of thiophene rings is 1. The molecule has 1 saturated carbocycles. The Bertz CT molecular complexity index is 820. The van der Waals surface area contributed by atoms with Gasteiger partial charge in [-0.1, -0.05) is 24.3 Å². The summed E-state index contributed by atoms with van der Waals surface area (Å²) >= 11 is 1.63. The van der Waals surface area contributed by atoms with Gasteiger partial charge in [-0.3, -0.25) is 0 Å². The third-order valence-electron chi connectivity index (χ3n) is 6.28. The first-order valence-electron chi connectivity index (χ1n) is 7.95. The fourth-order valence-corrected chi connectivity index (χ4v) is 6.32. The Labute approximate surface area is 143 Å². The van der Waals surface area contributed by atoms with E-state index in [0.717, 1.165) is 6.42 Å². The molecule has 2 bridgehead atoms. The molecule has 1 aromatic rings. The van der Waals surface area contributed by atoms with Gasteiger partial charge in [-0.2, -0.15) is 11.3 Å². The van der Waals surface area contributed by atoms with Gasteiger partial charge in [0.15, 0.2) is 0 Å². The molecule has 122 valence electrons. The van der Waals surface area contributed by atoms with Crippen molar-refractivity contribution < 1.29 is 19.1 Å². The molecule has 5 aliphatic carbocycles. The molecule has 0 aromatic carbocycles. The Morgan fingerprint density at radius 1 is 0.958 bits per heavy atom. The second kappa shape index (κ2) is 4.28. The van der Waals surface area contributed by atoms with E-state index >= 15 is 0 Å². The number of hydrogen-bond donors (Lipinski definition) is 0. The predicted molar refractivity (Wildman–Crippen MR) is 88.6 cm³/mol. The molecule has 24 heavy (non-hydrogen) atoms. The van der Waals surface area contributed by atoms with Gasteiger partial charge < -0.3 is 9.47 Å². The lowest BCUT2D eigenvalue weighted by molar-refractivity contribution is -0.140. The first-order chi connectivity index (χ1) is 11.6. The first-order valence-corrected chi connectivity index (χ1v) is 8.89. The fraction of sp³-hybridized carbons (Fsp3) is 0.368. The number of esters is 2. The summed E-state index contributed by atoms with van der Waals surface area (Å²) in [5, 5.41) is 4.24. The number of ether oxygens (including phenoxy) is 2. The summed E-state index contributed by atoms with van der Waals surface area (Å²) in [4.78, 5) is 25.3. The summed E-state index contributed by atoms with van der Waals surface area (Å²) < 4.78 is 10.1. The zero-order chi connectivity index (χ0) is 16.7. The van der Waals surface area contributed by atoms with Crippen LogP contribution in [0.3, 0.4) is 0 Å². The van der Waals surface area contributed by atoms with Crippen molar-refractivity contribution in [2.24, 2.45) is 10.8 Å². The van der Waals surface area contributed by atoms with Crippen LogP contribution in [-0.2, 0) is 19.1 Å². The van der Waals surface area contributed by atoms with Crippen molar-refractivity contribution in [3.63, 3.8) is 0 Å². The van der Waals surface area contributed by atoms with Gasteiger partial charge in [0.2, 0.25) is 0 Å². The highest BCUT2D eigenvalue weighted by Gasteiger charge is 2.79. The van der Waals surface area contributed by atoms with E-state index in [1.807, 2.05) is 0 Å². The number of methoxy groups -OCH3 is 2. The zero-order valence-electron chi connectivity index (χ0n) is 13.4. The van der Waals surface area contributed by atoms with Crippen LogP contribution in [0.5, 0.6) is 0 Å². The summed E-state index contributed by atoms with van der Waals surface area (Å²) in [6.07, 6.45) is 9.52. The highest BCUT2D eigenvalue weighted by molar-refractivity contribution is 7.08. The maximum atomic E-state index is 12.6. The molecule has 0 amide bonds. The molecular formula is C19H16O4S. The first kappa shape index (κ1) is 14.2. The Kier molecular flexibility index (Phi) is 2.53. The van der Waals surface area contributed by atoms with E-state index < -0.39 is 11.9 Å². The zero-order valence-corrected chi connectivity index (χ0v) is 14.2. The topological polar surface area (TPSA) is 52.6 Å². The minimum atomic E-state index is -0.417. The summed E-state index contributed by atoms with van der Waals surface area (Å²) in [6, 6.07) is 0. The maximum absolute atomic E-state index is 12.6. The van der Waals surface area contributed by atoms with E-state index in [-0.39, 0.29) is 22.7 Å². The molecule has 6 rings (SSSR count). The van der Waals surface area contributed by atoms with Gasteiger partial charge in [0.05, 0.1) is 25.4 Å².